The van der Waals surface area contributed by atoms with Crippen molar-refractivity contribution in [3.05, 3.63) is 52.1 Å². The summed E-state index contributed by atoms with van der Waals surface area (Å²) in [7, 11) is 0. The van der Waals surface area contributed by atoms with Gasteiger partial charge >= 0.3 is 11.9 Å². The average Bonchev–Trinajstić information content (AvgIpc) is 2.76. The predicted molar refractivity (Wildman–Crippen MR) is 120 cm³/mol. The van der Waals surface area contributed by atoms with E-state index in [9.17, 15) is 34.5 Å². The van der Waals surface area contributed by atoms with Crippen molar-refractivity contribution in [3.63, 3.8) is 0 Å². The van der Waals surface area contributed by atoms with Crippen molar-refractivity contribution in [1.82, 2.24) is 0 Å². The Kier molecular flexibility index (Phi) is 6.46. The zero-order valence-corrected chi connectivity index (χ0v) is 19.8. The number of aliphatic hydroxyl groups excluding tert-OH is 1. The molecule has 0 radical (unpaired) electrons. The number of ketones is 2. The number of phenolic OH excluding ortho intramolecular Hbond substituents is 2. The third kappa shape index (κ3) is 4.38. The predicted octanol–water partition coefficient (Wildman–Crippen LogP) is 1.53. The van der Waals surface area contributed by atoms with Crippen LogP contribution in [0, 0.1) is 6.92 Å². The second kappa shape index (κ2) is 9.25. The highest BCUT2D eigenvalue weighted by Gasteiger charge is 2.49. The maximum absolute atomic E-state index is 13.2. The Morgan fingerprint density at radius 3 is 2.03 bits per heavy atom. The summed E-state index contributed by atoms with van der Waals surface area (Å²) in [4.78, 5) is 49.6. The van der Waals surface area contributed by atoms with E-state index in [0.717, 1.165) is 19.9 Å². The number of rotatable bonds is 4. The van der Waals surface area contributed by atoms with Gasteiger partial charge in [0, 0.05) is 31.0 Å². The smallest absolute Gasteiger partial charge is 0.303 e. The molecule has 3 N–H and O–H groups in total. The van der Waals surface area contributed by atoms with Gasteiger partial charge in [-0.3, -0.25) is 19.2 Å². The van der Waals surface area contributed by atoms with Gasteiger partial charge in [0.1, 0.15) is 23.4 Å². The average molecular weight is 500 g/mol. The lowest BCUT2D eigenvalue weighted by atomic mass is 9.82. The molecule has 0 unspecified atom stereocenters. The Labute approximate surface area is 205 Å². The molecule has 0 spiro atoms. The Bertz CT molecular complexity index is 1280. The van der Waals surface area contributed by atoms with Crippen LogP contribution in [0.25, 0.3) is 0 Å². The van der Waals surface area contributed by atoms with Crippen molar-refractivity contribution in [2.75, 3.05) is 0 Å². The van der Waals surface area contributed by atoms with Crippen LogP contribution in [-0.2, 0) is 23.8 Å². The Hall–Kier alpha value is -3.96. The number of carbonyl (C=O) groups excluding carboxylic acids is 4. The van der Waals surface area contributed by atoms with Gasteiger partial charge in [0.05, 0.1) is 17.2 Å². The van der Waals surface area contributed by atoms with Gasteiger partial charge in [-0.05, 0) is 37.6 Å². The molecule has 1 heterocycles. The first-order valence-corrected chi connectivity index (χ1v) is 11.0. The molecule has 4 rings (SSSR count). The third-order valence-corrected chi connectivity index (χ3v) is 5.91. The van der Waals surface area contributed by atoms with Gasteiger partial charge in [-0.15, -0.1) is 0 Å². The van der Waals surface area contributed by atoms with Crippen LogP contribution in [0.2, 0.25) is 0 Å². The molecular weight excluding hydrogens is 476 g/mol. The molecule has 0 bridgehead atoms. The molecule has 1 aliphatic carbocycles. The number of hydrogen-bond donors (Lipinski definition) is 3. The monoisotopic (exact) mass is 500 g/mol. The van der Waals surface area contributed by atoms with Gasteiger partial charge in [0.15, 0.2) is 11.9 Å². The minimum Gasteiger partial charge on any atom is -0.507 e. The van der Waals surface area contributed by atoms with Crippen molar-refractivity contribution < 1.29 is 53.4 Å². The molecule has 2 aromatic carbocycles. The minimum atomic E-state index is -1.41. The number of hydrogen-bond acceptors (Lipinski definition) is 11. The summed E-state index contributed by atoms with van der Waals surface area (Å²) in [6, 6.07) is 5.07. The normalized spacial score (nSPS) is 25.0. The molecule has 0 aromatic heterocycles. The molecule has 0 amide bonds. The summed E-state index contributed by atoms with van der Waals surface area (Å²) in [5.74, 6) is -3.95. The van der Waals surface area contributed by atoms with Gasteiger partial charge in [0.2, 0.25) is 18.2 Å². The van der Waals surface area contributed by atoms with E-state index in [2.05, 4.69) is 0 Å². The van der Waals surface area contributed by atoms with Crippen LogP contribution in [0.4, 0.5) is 0 Å². The van der Waals surface area contributed by atoms with Crippen molar-refractivity contribution in [3.8, 4) is 17.2 Å². The molecule has 36 heavy (non-hydrogen) atoms. The van der Waals surface area contributed by atoms with E-state index in [4.69, 9.17) is 18.9 Å². The number of aryl methyl sites for hydroxylation is 1. The number of ether oxygens (including phenoxy) is 4. The quantitative estimate of drug-likeness (QED) is 0.445. The highest BCUT2D eigenvalue weighted by molar-refractivity contribution is 6.30. The maximum atomic E-state index is 13.2. The number of aromatic hydroxyl groups is 2. The molecule has 1 fully saturated rings. The van der Waals surface area contributed by atoms with E-state index in [-0.39, 0.29) is 33.8 Å². The number of esters is 2. The van der Waals surface area contributed by atoms with E-state index < -0.39 is 60.0 Å². The van der Waals surface area contributed by atoms with E-state index in [1.54, 1.807) is 6.92 Å². The maximum Gasteiger partial charge on any atom is 0.303 e. The minimum absolute atomic E-state index is 0.0278. The number of carbonyl (C=O) groups is 4. The molecule has 1 aliphatic heterocycles. The van der Waals surface area contributed by atoms with Gasteiger partial charge < -0.3 is 34.3 Å². The molecular formula is C25H24O11. The van der Waals surface area contributed by atoms with Gasteiger partial charge in [0.25, 0.3) is 0 Å². The fourth-order valence-corrected chi connectivity index (χ4v) is 4.40. The molecule has 1 saturated heterocycles. The zero-order chi connectivity index (χ0) is 26.5. The lowest BCUT2D eigenvalue weighted by Gasteiger charge is -2.42. The summed E-state index contributed by atoms with van der Waals surface area (Å²) in [6.07, 6.45) is -6.40. The van der Waals surface area contributed by atoms with Crippen LogP contribution >= 0.6 is 0 Å². The summed E-state index contributed by atoms with van der Waals surface area (Å²) in [6.45, 7) is 5.36. The number of aliphatic hydroxyl groups is 1. The molecule has 11 nitrogen and oxygen atoms in total. The lowest BCUT2D eigenvalue weighted by molar-refractivity contribution is -0.277. The van der Waals surface area contributed by atoms with Gasteiger partial charge in [-0.1, -0.05) is 0 Å². The van der Waals surface area contributed by atoms with E-state index in [1.165, 1.54) is 25.1 Å². The Morgan fingerprint density at radius 1 is 0.861 bits per heavy atom. The van der Waals surface area contributed by atoms with E-state index in [1.807, 2.05) is 0 Å². The molecule has 0 saturated carbocycles. The molecule has 190 valence electrons. The number of fused-ring (bicyclic) bond motifs is 2. The van der Waals surface area contributed by atoms with Crippen LogP contribution in [-0.4, -0.2) is 69.5 Å². The third-order valence-electron chi connectivity index (χ3n) is 5.91. The summed E-state index contributed by atoms with van der Waals surface area (Å²) < 4.78 is 21.8. The topological polar surface area (TPSA) is 166 Å². The van der Waals surface area contributed by atoms with Crippen LogP contribution in [0.15, 0.2) is 24.3 Å². The lowest BCUT2D eigenvalue weighted by Crippen LogP contribution is -2.60. The summed E-state index contributed by atoms with van der Waals surface area (Å²) >= 11 is 0. The first-order valence-electron chi connectivity index (χ1n) is 11.0. The Morgan fingerprint density at radius 2 is 1.42 bits per heavy atom. The molecule has 2 aliphatic rings. The molecule has 5 atom stereocenters. The first-order chi connectivity index (χ1) is 16.9. The second-order valence-corrected chi connectivity index (χ2v) is 8.70. The second-order valence-electron chi connectivity index (χ2n) is 8.70. The van der Waals surface area contributed by atoms with Crippen molar-refractivity contribution in [2.45, 2.75) is 58.4 Å². The Balaban J connectivity index is 1.73. The summed E-state index contributed by atoms with van der Waals surface area (Å²) in [5.41, 5.74) is -0.158. The van der Waals surface area contributed by atoms with Crippen molar-refractivity contribution in [1.29, 1.82) is 0 Å². The number of benzene rings is 2. The van der Waals surface area contributed by atoms with Crippen molar-refractivity contribution >= 4 is 23.5 Å². The van der Waals surface area contributed by atoms with E-state index >= 15 is 0 Å². The zero-order valence-electron chi connectivity index (χ0n) is 19.8. The van der Waals surface area contributed by atoms with Crippen LogP contribution in [0.3, 0.4) is 0 Å². The fourth-order valence-electron chi connectivity index (χ4n) is 4.40. The van der Waals surface area contributed by atoms with Gasteiger partial charge in [-0.2, -0.15) is 0 Å². The van der Waals surface area contributed by atoms with E-state index in [0.29, 0.717) is 5.56 Å². The van der Waals surface area contributed by atoms with Crippen LogP contribution in [0.5, 0.6) is 17.2 Å². The standard InChI is InChI=1S/C25H24O11/c1-9-5-14-18(16(28)6-9)22(32)19-15(21(14)31)7-13(8-17(19)29)36-25-24(35-12(4)27)23(34-11(3)26)20(30)10(2)33-25/h5-8,10,20,23-25,28-30H,1-4H3/t10-,20-,23+,24+,25-/m0/s1. The summed E-state index contributed by atoms with van der Waals surface area (Å²) in [5, 5.41) is 31.4. The van der Waals surface area contributed by atoms with Crippen molar-refractivity contribution in [2.24, 2.45) is 0 Å². The molecule has 11 heteroatoms. The van der Waals surface area contributed by atoms with Crippen LogP contribution in [0.1, 0.15) is 58.2 Å². The SMILES string of the molecule is CC(=O)O[C@@H]1[C@@H](O)[C@H](C)O[C@@H](Oc2cc(O)c3c(c2)C(=O)c2cc(C)cc(O)c2C3=O)[C@@H]1OC(C)=O. The largest absolute Gasteiger partial charge is 0.507 e. The van der Waals surface area contributed by atoms with Gasteiger partial charge in [-0.25, -0.2) is 0 Å². The highest BCUT2D eigenvalue weighted by atomic mass is 16.7. The first kappa shape index (κ1) is 25.1. The number of phenols is 2. The molecule has 2 aromatic rings. The fraction of sp³-hybridized carbons (Fsp3) is 0.360. The highest BCUT2D eigenvalue weighted by Crippen LogP contribution is 2.40. The van der Waals surface area contributed by atoms with Crippen LogP contribution < -0.4 is 4.74 Å².